The third-order valence-corrected chi connectivity index (χ3v) is 10.5. The summed E-state index contributed by atoms with van der Waals surface area (Å²) in [5.74, 6) is -0.926. The van der Waals surface area contributed by atoms with E-state index in [4.69, 9.17) is 0 Å². The van der Waals surface area contributed by atoms with Crippen LogP contribution in [0.2, 0.25) is 0 Å². The van der Waals surface area contributed by atoms with Gasteiger partial charge in [-0.2, -0.15) is 10.2 Å². The van der Waals surface area contributed by atoms with Crippen LogP contribution in [0.3, 0.4) is 0 Å². The Morgan fingerprint density at radius 1 is 0.597 bits per heavy atom. The Labute approximate surface area is 415 Å². The molecule has 0 fully saturated rings. The van der Waals surface area contributed by atoms with Gasteiger partial charge in [-0.3, -0.25) is 30.6 Å². The number of nitro groups is 1. The van der Waals surface area contributed by atoms with Crippen LogP contribution in [0.1, 0.15) is 0 Å². The zero-order chi connectivity index (χ0) is 42.9. The standard InChI is InChI=1S/C34H24N8O14S3.3Na/c43-29-16-24(58(51,52)53)13-18-12-23(57(48,49)50)15-26(31(18)29)38-40-28-17-27(33(44)32(34(28)45)41-36-20-6-9-22(10-7-20)42(46)47)39-37-21-8-11-25(30(14-21)59(54,55)56)35-19-4-2-1-3-5-19;;;/h1-17,35-37,43H,(H,48,49,50)(H,51,52,53)(H,54,55,56);;;/q;3*+1/p-3/b39-27+,40-38?,41-32-;;;. The van der Waals surface area contributed by atoms with Crippen molar-refractivity contribution in [2.24, 2.45) is 20.4 Å². The summed E-state index contributed by atoms with van der Waals surface area (Å²) in [5.41, 5.74) is 0.942. The number of anilines is 4. The molecule has 0 unspecified atom stereocenters. The molecule has 0 aliphatic carbocycles. The van der Waals surface area contributed by atoms with Crippen molar-refractivity contribution in [2.45, 2.75) is 14.7 Å². The van der Waals surface area contributed by atoms with Crippen molar-refractivity contribution in [1.29, 1.82) is 0 Å². The quantitative estimate of drug-likeness (QED) is 0.0292. The predicted octanol–water partition coefficient (Wildman–Crippen LogP) is -6.21. The van der Waals surface area contributed by atoms with Gasteiger partial charge in [0, 0.05) is 23.9 Å². The van der Waals surface area contributed by atoms with Crippen molar-refractivity contribution in [3.05, 3.63) is 144 Å². The molecule has 0 radical (unpaired) electrons. The van der Waals surface area contributed by atoms with Crippen LogP contribution in [0.5, 0.6) is 5.75 Å². The largest absolute Gasteiger partial charge is 1.00 e. The molecule has 62 heavy (non-hydrogen) atoms. The molecule has 6 rings (SSSR count). The van der Waals surface area contributed by atoms with E-state index in [1.807, 2.05) is 0 Å². The number of nitrogens with zero attached hydrogens (tertiary/aromatic N) is 5. The van der Waals surface area contributed by atoms with Gasteiger partial charge in [0.05, 0.1) is 47.7 Å². The Balaban J connectivity index is 0.00000341. The van der Waals surface area contributed by atoms with E-state index in [2.05, 4.69) is 36.6 Å². The van der Waals surface area contributed by atoms with E-state index < -0.39 is 99.4 Å². The molecule has 0 aromatic heterocycles. The second kappa shape index (κ2) is 20.9. The summed E-state index contributed by atoms with van der Waals surface area (Å²) < 4.78 is 108. The van der Waals surface area contributed by atoms with E-state index in [1.54, 1.807) is 30.3 Å². The summed E-state index contributed by atoms with van der Waals surface area (Å²) in [6.07, 6.45) is 0. The van der Waals surface area contributed by atoms with Gasteiger partial charge in [0.2, 0.25) is 10.9 Å². The Hall–Kier alpha value is -4.29. The number of aromatic hydroxyl groups is 1. The minimum absolute atomic E-state index is 0. The fourth-order valence-corrected chi connectivity index (χ4v) is 6.95. The van der Waals surface area contributed by atoms with Gasteiger partial charge >= 0.3 is 88.7 Å². The maximum absolute atomic E-state index is 13.6. The fraction of sp³-hybridized carbons (Fsp3) is 0. The molecule has 0 heterocycles. The van der Waals surface area contributed by atoms with Crippen molar-refractivity contribution in [1.82, 2.24) is 0 Å². The van der Waals surface area contributed by atoms with E-state index >= 15 is 0 Å². The normalized spacial score (nSPS) is 12.2. The zero-order valence-electron chi connectivity index (χ0n) is 32.0. The first-order valence-electron chi connectivity index (χ1n) is 16.0. The third kappa shape index (κ3) is 12.5. The zero-order valence-corrected chi connectivity index (χ0v) is 40.5. The maximum atomic E-state index is 13.6. The molecule has 6 aromatic carbocycles. The van der Waals surface area contributed by atoms with Gasteiger partial charge in [-0.25, -0.2) is 25.3 Å². The van der Waals surface area contributed by atoms with Gasteiger partial charge in [0.25, 0.3) is 5.69 Å². The van der Waals surface area contributed by atoms with Crippen LogP contribution < -0.4 is 126 Å². The SMILES string of the molecule is O=c1c(N=Nc2cc(S(=O)(=O)[O-])cc3cc(S(=O)(=O)[O-])cc(O)c23)c/c(=N\Nc2ccc(Nc3ccccc3)c(S(=O)(=O)[O-])c2)c(=O)/c1=N/Nc1ccc([N+](=O)[O-])cc1.[Na+].[Na+].[Na+]. The summed E-state index contributed by atoms with van der Waals surface area (Å²) in [6.45, 7) is 0. The molecule has 0 amide bonds. The first-order chi connectivity index (χ1) is 27.7. The summed E-state index contributed by atoms with van der Waals surface area (Å²) in [4.78, 5) is 34.8. The van der Waals surface area contributed by atoms with Gasteiger partial charge in [-0.05, 0) is 72.1 Å². The van der Waals surface area contributed by atoms with E-state index in [-0.39, 0.29) is 111 Å². The topological polar surface area (TPSA) is 355 Å². The van der Waals surface area contributed by atoms with Gasteiger partial charge in [0.15, 0.2) is 5.36 Å². The number of phenols is 1. The monoisotopic (exact) mass is 930 g/mol. The Morgan fingerprint density at radius 3 is 1.74 bits per heavy atom. The number of nitrogens with one attached hydrogen (secondary N) is 3. The molecule has 0 bridgehead atoms. The van der Waals surface area contributed by atoms with Crippen molar-refractivity contribution in [2.75, 3.05) is 16.2 Å². The average Bonchev–Trinajstić information content (AvgIpc) is 3.16. The fourth-order valence-electron chi connectivity index (χ4n) is 5.24. The number of hydrogen-bond donors (Lipinski definition) is 4. The van der Waals surface area contributed by atoms with Crippen molar-refractivity contribution >= 4 is 80.9 Å². The van der Waals surface area contributed by atoms with Gasteiger partial charge in [-0.15, -0.1) is 10.2 Å². The van der Waals surface area contributed by atoms with E-state index in [9.17, 15) is 63.7 Å². The predicted molar refractivity (Wildman–Crippen MR) is 203 cm³/mol. The van der Waals surface area contributed by atoms with Crippen LogP contribution in [-0.4, -0.2) is 48.9 Å². The second-order valence-electron chi connectivity index (χ2n) is 11.9. The molecule has 6 aromatic rings. The van der Waals surface area contributed by atoms with Crippen LogP contribution in [-0.2, 0) is 30.4 Å². The number of nitro benzene ring substituents is 1. The van der Waals surface area contributed by atoms with Crippen molar-refractivity contribution in [3.8, 4) is 5.75 Å². The molecule has 0 atom stereocenters. The van der Waals surface area contributed by atoms with Crippen LogP contribution in [0, 0.1) is 10.1 Å². The second-order valence-corrected chi connectivity index (χ2v) is 16.0. The van der Waals surface area contributed by atoms with E-state index in [1.165, 1.54) is 24.3 Å². The molecule has 0 spiro atoms. The summed E-state index contributed by atoms with van der Waals surface area (Å²) in [7, 11) is -15.6. The average molecular weight is 931 g/mol. The number of hydrogen-bond acceptors (Lipinski definition) is 21. The molecule has 0 saturated carbocycles. The Morgan fingerprint density at radius 2 is 1.16 bits per heavy atom. The summed E-state index contributed by atoms with van der Waals surface area (Å²) >= 11 is 0. The molecule has 302 valence electrons. The molecule has 0 aliphatic rings. The van der Waals surface area contributed by atoms with Gasteiger partial charge in [-0.1, -0.05) is 18.2 Å². The van der Waals surface area contributed by atoms with Gasteiger partial charge in [0.1, 0.15) is 47.1 Å². The first-order valence-corrected chi connectivity index (χ1v) is 20.2. The molecular formula is C34H21N8Na3O14S3. The number of azo groups is 1. The minimum Gasteiger partial charge on any atom is -0.744 e. The smallest absolute Gasteiger partial charge is 0.744 e. The number of benzene rings is 6. The molecule has 4 N–H and O–H groups in total. The molecular weight excluding hydrogens is 910 g/mol. The number of fused-ring (bicyclic) bond motifs is 1. The molecule has 28 heteroatoms. The van der Waals surface area contributed by atoms with Crippen molar-refractivity contribution in [3.63, 3.8) is 0 Å². The molecule has 22 nitrogen and oxygen atoms in total. The maximum Gasteiger partial charge on any atom is 1.00 e. The van der Waals surface area contributed by atoms with Gasteiger partial charge < -0.3 is 24.1 Å². The number of rotatable bonds is 12. The molecule has 0 saturated heterocycles. The Kier molecular flexibility index (Phi) is 17.6. The molecule has 0 aliphatic heterocycles. The minimum atomic E-state index is -5.30. The van der Waals surface area contributed by atoms with E-state index in [0.717, 1.165) is 24.3 Å². The van der Waals surface area contributed by atoms with Crippen molar-refractivity contribution < 1.29 is 138 Å². The Bertz CT molecular complexity index is 3320. The van der Waals surface area contributed by atoms with Crippen LogP contribution in [0.4, 0.5) is 39.8 Å². The van der Waals surface area contributed by atoms with Crippen LogP contribution >= 0.6 is 0 Å². The number of para-hydroxylation sites is 1. The number of non-ortho nitro benzene ring substituents is 1. The van der Waals surface area contributed by atoms with Crippen LogP contribution in [0.15, 0.2) is 148 Å². The summed E-state index contributed by atoms with van der Waals surface area (Å²) in [6, 6.07) is 19.5. The number of phenolic OH excluding ortho intramolecular Hbond substituents is 1. The van der Waals surface area contributed by atoms with Crippen LogP contribution in [0.25, 0.3) is 10.8 Å². The third-order valence-electron chi connectivity index (χ3n) is 7.95. The first kappa shape index (κ1) is 52.1. The van der Waals surface area contributed by atoms with E-state index in [0.29, 0.717) is 30.0 Å². The summed E-state index contributed by atoms with van der Waals surface area (Å²) in [5, 5.41) is 37.4.